The minimum Gasteiger partial charge on any atom is -0.368 e. The highest BCUT2D eigenvalue weighted by atomic mass is 19.0. The Kier molecular flexibility index (Phi) is 8.33. The molecule has 0 rings (SSSR count). The summed E-state index contributed by atoms with van der Waals surface area (Å²) in [4.78, 5) is 0. The van der Waals surface area contributed by atoms with Crippen LogP contribution in [0.5, 0.6) is 0 Å². The van der Waals surface area contributed by atoms with Crippen LogP contribution in [0.1, 0.15) is 19.8 Å². The maximum Gasteiger partial charge on any atom is 0.151 e. The summed E-state index contributed by atoms with van der Waals surface area (Å²) in [5.74, 6) is 0. The first-order valence-electron chi connectivity index (χ1n) is 2.13. The molecule has 0 aromatic heterocycles. The van der Waals surface area contributed by atoms with Crippen molar-refractivity contribution in [3.05, 3.63) is 0 Å². The Bertz CT molecular complexity index is 30.9. The first-order chi connectivity index (χ1) is 2.77. The molecule has 0 fully saturated rings. The minimum atomic E-state index is -1.10. The maximum absolute atomic E-state index is 8.11. The van der Waals surface area contributed by atoms with Gasteiger partial charge < -0.3 is 10.2 Å². The Morgan fingerprint density at radius 2 is 1.86 bits per heavy atom. The van der Waals surface area contributed by atoms with Crippen LogP contribution in [-0.4, -0.2) is 16.5 Å². The van der Waals surface area contributed by atoms with Crippen molar-refractivity contribution >= 4 is 0 Å². The van der Waals surface area contributed by atoms with Gasteiger partial charge in [-0.2, -0.15) is 0 Å². The van der Waals surface area contributed by atoms with Gasteiger partial charge in [0.05, 0.1) is 0 Å². The van der Waals surface area contributed by atoms with E-state index in [2.05, 4.69) is 0 Å². The first-order valence-corrected chi connectivity index (χ1v) is 2.13. The molecule has 0 spiro atoms. The summed E-state index contributed by atoms with van der Waals surface area (Å²) in [5, 5.41) is 16.2. The molecule has 0 saturated heterocycles. The van der Waals surface area contributed by atoms with Gasteiger partial charge in [-0.1, -0.05) is 13.3 Å². The monoisotopic (exact) mass is 110 g/mol. The Hall–Kier alpha value is -0.150. The van der Waals surface area contributed by atoms with E-state index in [-0.39, 0.29) is 4.70 Å². The van der Waals surface area contributed by atoms with Crippen molar-refractivity contribution in [3.8, 4) is 0 Å². The van der Waals surface area contributed by atoms with Crippen LogP contribution < -0.4 is 0 Å². The van der Waals surface area contributed by atoms with Crippen molar-refractivity contribution in [1.82, 2.24) is 0 Å². The largest absolute Gasteiger partial charge is 0.368 e. The summed E-state index contributed by atoms with van der Waals surface area (Å²) < 4.78 is 0. The Morgan fingerprint density at radius 1 is 1.43 bits per heavy atom. The van der Waals surface area contributed by atoms with Crippen LogP contribution in [0.15, 0.2) is 0 Å². The molecule has 0 amide bonds. The van der Waals surface area contributed by atoms with Gasteiger partial charge >= 0.3 is 0 Å². The molecule has 7 heavy (non-hydrogen) atoms. The van der Waals surface area contributed by atoms with Crippen LogP contribution in [0.25, 0.3) is 0 Å². The van der Waals surface area contributed by atoms with Crippen LogP contribution in [0, 0.1) is 0 Å². The molecule has 2 nitrogen and oxygen atoms in total. The number of hydrogen-bond donors (Lipinski definition) is 2. The standard InChI is InChI=1S/C4H10O2.FH/c1-2-3-4(5)6;/h4-6H,2-3H2,1H3;1H. The lowest BCUT2D eigenvalue weighted by Crippen LogP contribution is -2.01. The summed E-state index contributed by atoms with van der Waals surface area (Å²) in [7, 11) is 0. The van der Waals surface area contributed by atoms with Gasteiger partial charge in [-0.25, -0.2) is 0 Å². The normalized spacial score (nSPS) is 8.57. The van der Waals surface area contributed by atoms with Gasteiger partial charge in [0.1, 0.15) is 0 Å². The second-order valence-corrected chi connectivity index (χ2v) is 1.27. The second-order valence-electron chi connectivity index (χ2n) is 1.27. The zero-order valence-electron chi connectivity index (χ0n) is 4.29. The van der Waals surface area contributed by atoms with E-state index >= 15 is 0 Å². The molecule has 0 aromatic carbocycles. The van der Waals surface area contributed by atoms with E-state index < -0.39 is 6.29 Å². The van der Waals surface area contributed by atoms with E-state index in [0.717, 1.165) is 6.42 Å². The van der Waals surface area contributed by atoms with Crippen LogP contribution in [0.3, 0.4) is 0 Å². The summed E-state index contributed by atoms with van der Waals surface area (Å²) in [6.45, 7) is 1.90. The maximum atomic E-state index is 8.11. The number of aliphatic hydroxyl groups is 2. The quantitative estimate of drug-likeness (QED) is 0.500. The molecule has 0 heterocycles. The summed E-state index contributed by atoms with van der Waals surface area (Å²) in [5.41, 5.74) is 0. The van der Waals surface area contributed by atoms with E-state index in [0.29, 0.717) is 6.42 Å². The molecule has 0 aliphatic rings. The van der Waals surface area contributed by atoms with Crippen molar-refractivity contribution in [2.45, 2.75) is 26.1 Å². The minimum absolute atomic E-state index is 0. The lowest BCUT2D eigenvalue weighted by Gasteiger charge is -1.94. The number of aliphatic hydroxyl groups excluding tert-OH is 1. The summed E-state index contributed by atoms with van der Waals surface area (Å²) in [6, 6.07) is 0. The molecule has 0 saturated carbocycles. The molecule has 0 aromatic rings. The van der Waals surface area contributed by atoms with Crippen molar-refractivity contribution in [2.24, 2.45) is 0 Å². The third-order valence-corrected chi connectivity index (χ3v) is 0.547. The molecule has 0 bridgehead atoms. The fraction of sp³-hybridized carbons (Fsp3) is 1.00. The lowest BCUT2D eigenvalue weighted by atomic mass is 10.3. The first kappa shape index (κ1) is 9.97. The van der Waals surface area contributed by atoms with E-state index in [4.69, 9.17) is 10.2 Å². The topological polar surface area (TPSA) is 40.5 Å². The van der Waals surface area contributed by atoms with Crippen LogP contribution in [0.4, 0.5) is 4.70 Å². The van der Waals surface area contributed by atoms with Gasteiger partial charge in [0.15, 0.2) is 6.29 Å². The van der Waals surface area contributed by atoms with E-state index in [1.807, 2.05) is 6.92 Å². The van der Waals surface area contributed by atoms with Crippen LogP contribution >= 0.6 is 0 Å². The smallest absolute Gasteiger partial charge is 0.151 e. The predicted molar refractivity (Wildman–Crippen MR) is 25.6 cm³/mol. The molecule has 0 aliphatic heterocycles. The molecular weight excluding hydrogens is 99.0 g/mol. The summed E-state index contributed by atoms with van der Waals surface area (Å²) in [6.07, 6.45) is 0.215. The fourth-order valence-electron chi connectivity index (χ4n) is 0.258. The average molecular weight is 110 g/mol. The van der Waals surface area contributed by atoms with E-state index in [1.165, 1.54) is 0 Å². The molecular formula is C4H11FO2. The lowest BCUT2D eigenvalue weighted by molar-refractivity contribution is -0.0453. The fourth-order valence-corrected chi connectivity index (χ4v) is 0.258. The molecule has 3 heteroatoms. The zero-order chi connectivity index (χ0) is 4.99. The molecule has 2 N–H and O–H groups in total. The predicted octanol–water partition coefficient (Wildman–Crippen LogP) is 0.250. The third kappa shape index (κ3) is 10.7. The van der Waals surface area contributed by atoms with Gasteiger partial charge in [-0.3, -0.25) is 4.70 Å². The van der Waals surface area contributed by atoms with Crippen LogP contribution in [0.2, 0.25) is 0 Å². The second kappa shape index (κ2) is 5.85. The van der Waals surface area contributed by atoms with E-state index in [1.54, 1.807) is 0 Å². The SMILES string of the molecule is CCCC(O)O.F. The molecule has 0 aliphatic carbocycles. The van der Waals surface area contributed by atoms with Crippen molar-refractivity contribution < 1.29 is 14.9 Å². The Labute approximate surface area is 42.2 Å². The highest BCUT2D eigenvalue weighted by molar-refractivity contribution is 4.31. The Morgan fingerprint density at radius 3 is 1.86 bits per heavy atom. The number of rotatable bonds is 2. The van der Waals surface area contributed by atoms with Gasteiger partial charge in [-0.15, -0.1) is 0 Å². The number of halogens is 1. The van der Waals surface area contributed by atoms with Crippen LogP contribution in [-0.2, 0) is 0 Å². The summed E-state index contributed by atoms with van der Waals surface area (Å²) >= 11 is 0. The van der Waals surface area contributed by atoms with Crippen molar-refractivity contribution in [2.75, 3.05) is 0 Å². The zero-order valence-corrected chi connectivity index (χ0v) is 4.29. The molecule has 0 atom stereocenters. The van der Waals surface area contributed by atoms with Gasteiger partial charge in [0.25, 0.3) is 0 Å². The molecule has 0 radical (unpaired) electrons. The Balaban J connectivity index is 0. The highest BCUT2D eigenvalue weighted by Gasteiger charge is 1.89. The molecule has 0 unspecified atom stereocenters. The van der Waals surface area contributed by atoms with E-state index in [9.17, 15) is 0 Å². The highest BCUT2D eigenvalue weighted by Crippen LogP contribution is 1.88. The van der Waals surface area contributed by atoms with Gasteiger partial charge in [-0.05, 0) is 6.42 Å². The number of hydrogen-bond acceptors (Lipinski definition) is 2. The van der Waals surface area contributed by atoms with Crippen molar-refractivity contribution in [1.29, 1.82) is 0 Å². The molecule has 46 valence electrons. The van der Waals surface area contributed by atoms with Gasteiger partial charge in [0.2, 0.25) is 0 Å². The third-order valence-electron chi connectivity index (χ3n) is 0.547. The van der Waals surface area contributed by atoms with Crippen molar-refractivity contribution in [3.63, 3.8) is 0 Å². The average Bonchev–Trinajstić information content (AvgIpc) is 1.35. The van der Waals surface area contributed by atoms with Gasteiger partial charge in [0, 0.05) is 0 Å².